The Balaban J connectivity index is 1.62. The molecular formula is C31H28F3N3O. The summed E-state index contributed by atoms with van der Waals surface area (Å²) in [5.74, 6) is 0.683. The van der Waals surface area contributed by atoms with Crippen molar-refractivity contribution in [2.75, 3.05) is 6.61 Å². The lowest BCUT2D eigenvalue weighted by molar-refractivity contribution is -0.136. The van der Waals surface area contributed by atoms with Crippen LogP contribution in [0.15, 0.2) is 91.0 Å². The summed E-state index contributed by atoms with van der Waals surface area (Å²) in [6.45, 7) is 2.77. The van der Waals surface area contributed by atoms with Crippen molar-refractivity contribution >= 4 is 11.0 Å². The molecule has 0 saturated heterocycles. The molecule has 0 spiro atoms. The fraction of sp³-hybridized carbons (Fsp3) is 0.226. The van der Waals surface area contributed by atoms with E-state index in [1.807, 2.05) is 24.3 Å². The number of fused-ring (bicyclic) bond motifs is 1. The largest absolute Gasteiger partial charge is 0.494 e. The Hall–Kier alpha value is -4.13. The standard InChI is InChI=1S/C31H28F3N3O/c1-2-3-4-11-20-38-25-18-16-22(17-19-25)27-21-26(31(32,33)34)28-29(23-12-7-5-8-13-23)36-37(30(28)35-27)24-14-9-6-10-15-24/h5-10,12-19,21H,2-4,11,20H2,1H3. The minimum absolute atomic E-state index is 0.0247. The molecule has 5 aromatic rings. The van der Waals surface area contributed by atoms with Gasteiger partial charge in [0.2, 0.25) is 0 Å². The fourth-order valence-corrected chi connectivity index (χ4v) is 4.48. The van der Waals surface area contributed by atoms with Crippen LogP contribution in [0.25, 0.3) is 39.2 Å². The van der Waals surface area contributed by atoms with Crippen LogP contribution in [0, 0.1) is 0 Å². The number of aromatic nitrogens is 3. The van der Waals surface area contributed by atoms with Crippen LogP contribution < -0.4 is 4.74 Å². The van der Waals surface area contributed by atoms with Crippen LogP contribution in [0.4, 0.5) is 13.2 Å². The summed E-state index contributed by atoms with van der Waals surface area (Å²) in [6.07, 6.45) is -0.203. The molecule has 0 unspecified atom stereocenters. The fourth-order valence-electron chi connectivity index (χ4n) is 4.48. The van der Waals surface area contributed by atoms with Crippen molar-refractivity contribution in [3.8, 4) is 34.0 Å². The molecular weight excluding hydrogens is 487 g/mol. The molecule has 0 fully saturated rings. The van der Waals surface area contributed by atoms with Crippen molar-refractivity contribution in [2.24, 2.45) is 0 Å². The number of rotatable bonds is 9. The normalized spacial score (nSPS) is 11.7. The third-order valence-corrected chi connectivity index (χ3v) is 6.41. The van der Waals surface area contributed by atoms with E-state index in [1.54, 1.807) is 60.7 Å². The average Bonchev–Trinajstić information content (AvgIpc) is 3.33. The lowest BCUT2D eigenvalue weighted by Gasteiger charge is -2.13. The van der Waals surface area contributed by atoms with Gasteiger partial charge in [-0.1, -0.05) is 74.7 Å². The minimum Gasteiger partial charge on any atom is -0.494 e. The molecule has 2 heterocycles. The highest BCUT2D eigenvalue weighted by atomic mass is 19.4. The van der Waals surface area contributed by atoms with Gasteiger partial charge >= 0.3 is 6.18 Å². The number of alkyl halides is 3. The van der Waals surface area contributed by atoms with E-state index in [2.05, 4.69) is 12.0 Å². The molecule has 0 radical (unpaired) electrons. The first-order chi connectivity index (χ1) is 18.5. The van der Waals surface area contributed by atoms with Gasteiger partial charge < -0.3 is 4.74 Å². The third-order valence-electron chi connectivity index (χ3n) is 6.41. The summed E-state index contributed by atoms with van der Waals surface area (Å²) in [6, 6.07) is 26.2. The van der Waals surface area contributed by atoms with Crippen LogP contribution in [0.3, 0.4) is 0 Å². The number of unbranched alkanes of at least 4 members (excludes halogenated alkanes) is 3. The Kier molecular flexibility index (Phi) is 7.45. The highest BCUT2D eigenvalue weighted by Crippen LogP contribution is 2.41. The maximum atomic E-state index is 14.5. The highest BCUT2D eigenvalue weighted by Gasteiger charge is 2.36. The predicted molar refractivity (Wildman–Crippen MR) is 144 cm³/mol. The molecule has 0 atom stereocenters. The summed E-state index contributed by atoms with van der Waals surface area (Å²) in [4.78, 5) is 4.73. The molecule has 0 bridgehead atoms. The second kappa shape index (κ2) is 11.1. The van der Waals surface area contributed by atoms with Crippen molar-refractivity contribution in [1.29, 1.82) is 0 Å². The van der Waals surface area contributed by atoms with E-state index in [0.29, 0.717) is 29.2 Å². The zero-order valence-corrected chi connectivity index (χ0v) is 21.1. The quantitative estimate of drug-likeness (QED) is 0.184. The summed E-state index contributed by atoms with van der Waals surface area (Å²) in [5.41, 5.74) is 1.62. The van der Waals surface area contributed by atoms with Crippen molar-refractivity contribution in [3.63, 3.8) is 0 Å². The highest BCUT2D eigenvalue weighted by molar-refractivity contribution is 5.96. The van der Waals surface area contributed by atoms with Crippen LogP contribution in [0.2, 0.25) is 0 Å². The predicted octanol–water partition coefficient (Wildman–Crippen LogP) is 8.73. The third kappa shape index (κ3) is 5.42. The van der Waals surface area contributed by atoms with E-state index in [4.69, 9.17) is 9.72 Å². The van der Waals surface area contributed by atoms with Crippen molar-refractivity contribution in [1.82, 2.24) is 14.8 Å². The van der Waals surface area contributed by atoms with Crippen molar-refractivity contribution in [3.05, 3.63) is 96.6 Å². The average molecular weight is 516 g/mol. The Morgan fingerprint density at radius 3 is 2.13 bits per heavy atom. The van der Waals surface area contributed by atoms with Gasteiger partial charge in [-0.15, -0.1) is 0 Å². The van der Waals surface area contributed by atoms with Crippen LogP contribution >= 0.6 is 0 Å². The van der Waals surface area contributed by atoms with Gasteiger partial charge in [0, 0.05) is 11.1 Å². The molecule has 0 amide bonds. The molecule has 2 aromatic heterocycles. The van der Waals surface area contributed by atoms with Gasteiger partial charge in [-0.25, -0.2) is 9.67 Å². The lowest BCUT2D eigenvalue weighted by atomic mass is 10.0. The molecule has 0 aliphatic rings. The maximum Gasteiger partial charge on any atom is 0.417 e. The molecule has 0 saturated carbocycles. The van der Waals surface area contributed by atoms with Crippen molar-refractivity contribution < 1.29 is 17.9 Å². The molecule has 4 nitrogen and oxygen atoms in total. The zero-order valence-electron chi connectivity index (χ0n) is 21.1. The summed E-state index contributed by atoms with van der Waals surface area (Å²) in [5, 5.41) is 4.62. The molecule has 0 aliphatic carbocycles. The molecule has 3 aromatic carbocycles. The number of ether oxygens (including phenoxy) is 1. The first-order valence-corrected chi connectivity index (χ1v) is 12.8. The first-order valence-electron chi connectivity index (χ1n) is 12.8. The molecule has 0 aliphatic heterocycles. The zero-order chi connectivity index (χ0) is 26.5. The van der Waals surface area contributed by atoms with Crippen molar-refractivity contribution in [2.45, 2.75) is 38.8 Å². The summed E-state index contributed by atoms with van der Waals surface area (Å²) in [7, 11) is 0. The molecule has 7 heteroatoms. The topological polar surface area (TPSA) is 39.9 Å². The number of nitrogens with zero attached hydrogens (tertiary/aromatic N) is 3. The van der Waals surface area contributed by atoms with E-state index in [1.165, 1.54) is 11.1 Å². The van der Waals surface area contributed by atoms with E-state index >= 15 is 0 Å². The Bertz CT molecular complexity index is 1500. The van der Waals surface area contributed by atoms with E-state index in [9.17, 15) is 13.2 Å². The Morgan fingerprint density at radius 2 is 1.47 bits per heavy atom. The van der Waals surface area contributed by atoms with Crippen LogP contribution in [0.1, 0.15) is 38.2 Å². The van der Waals surface area contributed by atoms with Gasteiger partial charge in [0.05, 0.1) is 28.9 Å². The van der Waals surface area contributed by atoms with Gasteiger partial charge in [-0.2, -0.15) is 18.3 Å². The molecule has 0 N–H and O–H groups in total. The Morgan fingerprint density at radius 1 is 0.789 bits per heavy atom. The van der Waals surface area contributed by atoms with Gasteiger partial charge in [0.1, 0.15) is 11.4 Å². The second-order valence-corrected chi connectivity index (χ2v) is 9.15. The maximum absolute atomic E-state index is 14.5. The number of hydrogen-bond acceptors (Lipinski definition) is 3. The van der Waals surface area contributed by atoms with E-state index in [-0.39, 0.29) is 22.4 Å². The van der Waals surface area contributed by atoms with Gasteiger partial charge in [-0.3, -0.25) is 0 Å². The molecule has 5 rings (SSSR count). The molecule has 194 valence electrons. The number of hydrogen-bond donors (Lipinski definition) is 0. The van der Waals surface area contributed by atoms with Crippen LogP contribution in [0.5, 0.6) is 5.75 Å². The Labute approximate surface area is 219 Å². The number of pyridine rings is 1. The van der Waals surface area contributed by atoms with Crippen LogP contribution in [-0.2, 0) is 6.18 Å². The SMILES string of the molecule is CCCCCCOc1ccc(-c2cc(C(F)(F)F)c3c(-c4ccccc4)nn(-c4ccccc4)c3n2)cc1. The van der Waals surface area contributed by atoms with E-state index in [0.717, 1.165) is 25.3 Å². The summed E-state index contributed by atoms with van der Waals surface area (Å²) < 4.78 is 50.9. The first kappa shape index (κ1) is 25.5. The summed E-state index contributed by atoms with van der Waals surface area (Å²) >= 11 is 0. The van der Waals surface area contributed by atoms with Crippen LogP contribution in [-0.4, -0.2) is 21.4 Å². The van der Waals surface area contributed by atoms with Gasteiger partial charge in [0.15, 0.2) is 5.65 Å². The number of para-hydroxylation sites is 1. The minimum atomic E-state index is -4.61. The number of halogens is 3. The lowest BCUT2D eigenvalue weighted by Crippen LogP contribution is -2.08. The smallest absolute Gasteiger partial charge is 0.417 e. The van der Waals surface area contributed by atoms with Gasteiger partial charge in [-0.05, 0) is 48.9 Å². The van der Waals surface area contributed by atoms with E-state index < -0.39 is 11.7 Å². The molecule has 38 heavy (non-hydrogen) atoms. The monoisotopic (exact) mass is 515 g/mol. The van der Waals surface area contributed by atoms with Gasteiger partial charge in [0.25, 0.3) is 0 Å². The number of benzene rings is 3. The second-order valence-electron chi connectivity index (χ2n) is 9.15.